The van der Waals surface area contributed by atoms with Gasteiger partial charge in [-0.15, -0.1) is 0 Å². The first-order valence-electron chi connectivity index (χ1n) is 5.24. The number of piperidine rings is 1. The molecular weight excluding hydrogens is 244 g/mol. The van der Waals surface area contributed by atoms with Crippen LogP contribution in [-0.2, 0) is 4.79 Å². The van der Waals surface area contributed by atoms with Crippen LogP contribution in [-0.4, -0.2) is 28.5 Å². The second-order valence-corrected chi connectivity index (χ2v) is 4.07. The van der Waals surface area contributed by atoms with Gasteiger partial charge in [-0.2, -0.15) is 4.98 Å². The molecule has 1 aliphatic heterocycles. The van der Waals surface area contributed by atoms with E-state index in [1.807, 2.05) is 0 Å². The van der Waals surface area contributed by atoms with Gasteiger partial charge in [-0.3, -0.25) is 10.2 Å². The minimum atomic E-state index is -0.318. The van der Waals surface area contributed by atoms with E-state index in [1.165, 1.54) is 6.20 Å². The Kier molecular flexibility index (Phi) is 3.60. The van der Waals surface area contributed by atoms with Crippen molar-refractivity contribution < 1.29 is 4.79 Å². The Morgan fingerprint density at radius 3 is 3.12 bits per heavy atom. The Hall–Kier alpha value is -1.60. The number of nitrogens with one attached hydrogen (secondary N) is 3. The first kappa shape index (κ1) is 11.9. The second kappa shape index (κ2) is 5.15. The van der Waals surface area contributed by atoms with Crippen molar-refractivity contribution in [3.05, 3.63) is 11.2 Å². The predicted octanol–water partition coefficient (Wildman–Crippen LogP) is 0.106. The molecule has 1 aliphatic rings. The summed E-state index contributed by atoms with van der Waals surface area (Å²) in [7, 11) is 0. The van der Waals surface area contributed by atoms with E-state index in [4.69, 9.17) is 17.4 Å². The maximum Gasteiger partial charge on any atom is 0.242 e. The third-order valence-corrected chi connectivity index (χ3v) is 2.75. The van der Waals surface area contributed by atoms with Gasteiger partial charge in [0.25, 0.3) is 0 Å². The molecule has 1 atom stereocenters. The lowest BCUT2D eigenvalue weighted by Gasteiger charge is -2.23. The summed E-state index contributed by atoms with van der Waals surface area (Å²) < 4.78 is 0. The molecule has 0 radical (unpaired) electrons. The number of hydrogen-bond donors (Lipinski definition) is 4. The highest BCUT2D eigenvalue weighted by Crippen LogP contribution is 2.21. The van der Waals surface area contributed by atoms with Gasteiger partial charge >= 0.3 is 0 Å². The van der Waals surface area contributed by atoms with Gasteiger partial charge < -0.3 is 10.6 Å². The molecule has 1 fully saturated rings. The first-order valence-corrected chi connectivity index (χ1v) is 5.62. The van der Waals surface area contributed by atoms with Gasteiger partial charge in [0.05, 0.1) is 6.20 Å². The van der Waals surface area contributed by atoms with E-state index in [-0.39, 0.29) is 17.9 Å². The van der Waals surface area contributed by atoms with Gasteiger partial charge in [0.2, 0.25) is 11.9 Å². The van der Waals surface area contributed by atoms with E-state index in [9.17, 15) is 4.79 Å². The van der Waals surface area contributed by atoms with Crippen LogP contribution in [0.1, 0.15) is 12.8 Å². The maximum atomic E-state index is 11.6. The summed E-state index contributed by atoms with van der Waals surface area (Å²) in [4.78, 5) is 19.5. The number of carbonyl (C=O) groups excluding carboxylic acids is 1. The van der Waals surface area contributed by atoms with Gasteiger partial charge in [0.1, 0.15) is 11.1 Å². The van der Waals surface area contributed by atoms with Crippen molar-refractivity contribution in [2.24, 2.45) is 5.84 Å². The Morgan fingerprint density at radius 2 is 2.41 bits per heavy atom. The summed E-state index contributed by atoms with van der Waals surface area (Å²) >= 11 is 5.93. The van der Waals surface area contributed by atoms with E-state index in [0.717, 1.165) is 12.8 Å². The van der Waals surface area contributed by atoms with Crippen molar-refractivity contribution in [1.82, 2.24) is 15.3 Å². The zero-order chi connectivity index (χ0) is 12.3. The molecule has 1 saturated heterocycles. The lowest BCUT2D eigenvalue weighted by atomic mass is 10.1. The number of hydrogen-bond acceptors (Lipinski definition) is 6. The molecule has 0 spiro atoms. The molecule has 1 amide bonds. The molecule has 0 aliphatic carbocycles. The molecule has 17 heavy (non-hydrogen) atoms. The standard InChI is InChI=1S/C9H13ClN6O/c10-5-4-13-9(16-11)15-7(5)14-6-2-1-3-12-8(6)17/h4,6H,1-3,11H2,(H,12,17)(H2,13,14,15,16). The summed E-state index contributed by atoms with van der Waals surface area (Å²) in [5.41, 5.74) is 2.32. The van der Waals surface area contributed by atoms with Crippen LogP contribution in [0.2, 0.25) is 5.02 Å². The summed E-state index contributed by atoms with van der Waals surface area (Å²) in [6.07, 6.45) is 3.10. The van der Waals surface area contributed by atoms with Crippen molar-refractivity contribution in [1.29, 1.82) is 0 Å². The molecule has 1 aromatic heterocycles. The topological polar surface area (TPSA) is 105 Å². The van der Waals surface area contributed by atoms with E-state index < -0.39 is 0 Å². The largest absolute Gasteiger partial charge is 0.357 e. The molecular formula is C9H13ClN6O. The molecule has 5 N–H and O–H groups in total. The van der Waals surface area contributed by atoms with Crippen molar-refractivity contribution >= 4 is 29.3 Å². The normalized spacial score (nSPS) is 19.6. The molecule has 7 nitrogen and oxygen atoms in total. The van der Waals surface area contributed by atoms with Crippen LogP contribution in [0.25, 0.3) is 0 Å². The average Bonchev–Trinajstić information content (AvgIpc) is 2.35. The van der Waals surface area contributed by atoms with Crippen LogP contribution in [0.4, 0.5) is 11.8 Å². The van der Waals surface area contributed by atoms with Gasteiger partial charge in [-0.1, -0.05) is 11.6 Å². The SMILES string of the molecule is NNc1ncc(Cl)c(NC2CCCNC2=O)n1. The molecule has 2 heterocycles. The third kappa shape index (κ3) is 2.75. The number of amides is 1. The maximum absolute atomic E-state index is 11.6. The van der Waals surface area contributed by atoms with Crippen molar-refractivity contribution in [3.8, 4) is 0 Å². The van der Waals surface area contributed by atoms with Crippen LogP contribution >= 0.6 is 11.6 Å². The van der Waals surface area contributed by atoms with Crippen LogP contribution < -0.4 is 21.9 Å². The van der Waals surface area contributed by atoms with E-state index in [2.05, 4.69) is 26.0 Å². The summed E-state index contributed by atoms with van der Waals surface area (Å²) in [6, 6.07) is -0.318. The number of anilines is 2. The quantitative estimate of drug-likeness (QED) is 0.452. The third-order valence-electron chi connectivity index (χ3n) is 2.47. The molecule has 8 heteroatoms. The molecule has 2 rings (SSSR count). The van der Waals surface area contributed by atoms with E-state index in [0.29, 0.717) is 17.4 Å². The number of rotatable bonds is 3. The number of nitrogens with zero attached hydrogens (tertiary/aromatic N) is 2. The highest BCUT2D eigenvalue weighted by Gasteiger charge is 2.22. The number of halogens is 1. The molecule has 0 saturated carbocycles. The Morgan fingerprint density at radius 1 is 1.59 bits per heavy atom. The fourth-order valence-electron chi connectivity index (χ4n) is 1.61. The number of aromatic nitrogens is 2. The van der Waals surface area contributed by atoms with Gasteiger partial charge in [-0.25, -0.2) is 10.8 Å². The van der Waals surface area contributed by atoms with E-state index >= 15 is 0 Å². The van der Waals surface area contributed by atoms with Crippen LogP contribution in [0, 0.1) is 0 Å². The fraction of sp³-hybridized carbons (Fsp3) is 0.444. The number of nitrogen functional groups attached to an aromatic ring is 1. The Labute approximate surface area is 103 Å². The molecule has 1 unspecified atom stereocenters. The van der Waals surface area contributed by atoms with Crippen LogP contribution in [0.3, 0.4) is 0 Å². The Balaban J connectivity index is 2.14. The Bertz CT molecular complexity index is 426. The summed E-state index contributed by atoms with van der Waals surface area (Å²) in [5.74, 6) is 5.80. The van der Waals surface area contributed by atoms with Gasteiger partial charge in [0.15, 0.2) is 5.82 Å². The highest BCUT2D eigenvalue weighted by molar-refractivity contribution is 6.32. The average molecular weight is 257 g/mol. The van der Waals surface area contributed by atoms with Crippen molar-refractivity contribution in [2.75, 3.05) is 17.3 Å². The predicted molar refractivity (Wildman–Crippen MR) is 64.5 cm³/mol. The van der Waals surface area contributed by atoms with Crippen molar-refractivity contribution in [3.63, 3.8) is 0 Å². The lowest BCUT2D eigenvalue weighted by molar-refractivity contribution is -0.123. The summed E-state index contributed by atoms with van der Waals surface area (Å²) in [6.45, 7) is 0.712. The molecule has 0 bridgehead atoms. The lowest BCUT2D eigenvalue weighted by Crippen LogP contribution is -2.44. The van der Waals surface area contributed by atoms with Crippen LogP contribution in [0.15, 0.2) is 6.20 Å². The molecule has 0 aromatic carbocycles. The van der Waals surface area contributed by atoms with Gasteiger partial charge in [-0.05, 0) is 12.8 Å². The monoisotopic (exact) mass is 256 g/mol. The zero-order valence-electron chi connectivity index (χ0n) is 9.03. The van der Waals surface area contributed by atoms with Crippen LogP contribution in [0.5, 0.6) is 0 Å². The number of carbonyl (C=O) groups is 1. The minimum absolute atomic E-state index is 0.0480. The summed E-state index contributed by atoms with van der Waals surface area (Å²) in [5, 5.41) is 6.10. The smallest absolute Gasteiger partial charge is 0.242 e. The van der Waals surface area contributed by atoms with Crippen molar-refractivity contribution in [2.45, 2.75) is 18.9 Å². The molecule has 92 valence electrons. The highest BCUT2D eigenvalue weighted by atomic mass is 35.5. The van der Waals surface area contributed by atoms with E-state index in [1.54, 1.807) is 0 Å². The number of nitrogens with two attached hydrogens (primary N) is 1. The second-order valence-electron chi connectivity index (χ2n) is 3.66. The minimum Gasteiger partial charge on any atom is -0.357 e. The zero-order valence-corrected chi connectivity index (χ0v) is 9.79. The first-order chi connectivity index (χ1) is 8.20. The fourth-order valence-corrected chi connectivity index (χ4v) is 1.76. The molecule has 1 aromatic rings. The van der Waals surface area contributed by atoms with Gasteiger partial charge in [0, 0.05) is 6.54 Å². The number of hydrazine groups is 1.